The lowest BCUT2D eigenvalue weighted by molar-refractivity contribution is 0.0160. The lowest BCUT2D eigenvalue weighted by Gasteiger charge is -2.52. The average molecular weight is 393 g/mol. The molecule has 3 atom stereocenters. The van der Waals surface area contributed by atoms with Gasteiger partial charge in [-0.1, -0.05) is 49.2 Å². The maximum Gasteiger partial charge on any atom is 0.319 e. The predicted molar refractivity (Wildman–Crippen MR) is 107 cm³/mol. The first-order valence-electron chi connectivity index (χ1n) is 10.1. The van der Waals surface area contributed by atoms with E-state index in [9.17, 15) is 19.6 Å². The topological polar surface area (TPSA) is 76.4 Å². The van der Waals surface area contributed by atoms with Crippen LogP contribution in [0.4, 0.5) is 9.18 Å². The highest BCUT2D eigenvalue weighted by molar-refractivity contribution is 5.79. The Bertz CT molecular complexity index is 936. The van der Waals surface area contributed by atoms with Crippen molar-refractivity contribution < 1.29 is 14.3 Å². The summed E-state index contributed by atoms with van der Waals surface area (Å²) in [5, 5.41) is 22.8. The molecule has 29 heavy (non-hydrogen) atoms. The van der Waals surface area contributed by atoms with Gasteiger partial charge in [0.2, 0.25) is 0 Å². The number of rotatable bonds is 4. The van der Waals surface area contributed by atoms with E-state index < -0.39 is 12.1 Å². The first kappa shape index (κ1) is 19.4. The van der Waals surface area contributed by atoms with Crippen molar-refractivity contribution in [3.05, 3.63) is 59.9 Å². The summed E-state index contributed by atoms with van der Waals surface area (Å²) in [5.74, 6) is -0.669. The minimum atomic E-state index is -0.678. The van der Waals surface area contributed by atoms with Crippen molar-refractivity contribution in [1.29, 1.82) is 5.26 Å². The normalized spacial score (nSPS) is 24.0. The lowest BCUT2D eigenvalue weighted by Crippen LogP contribution is -2.67. The Morgan fingerprint density at radius 3 is 2.66 bits per heavy atom. The number of carbonyl (C=O) groups excluding carboxylic acids is 1. The van der Waals surface area contributed by atoms with Gasteiger partial charge in [0, 0.05) is 12.0 Å². The summed E-state index contributed by atoms with van der Waals surface area (Å²) in [7, 11) is 0. The van der Waals surface area contributed by atoms with Crippen LogP contribution >= 0.6 is 0 Å². The Labute approximate surface area is 169 Å². The van der Waals surface area contributed by atoms with Gasteiger partial charge >= 0.3 is 6.03 Å². The molecule has 2 aromatic rings. The molecule has 1 saturated heterocycles. The van der Waals surface area contributed by atoms with Crippen molar-refractivity contribution in [3.63, 3.8) is 0 Å². The fourth-order valence-corrected chi connectivity index (χ4v) is 4.69. The third kappa shape index (κ3) is 3.58. The van der Waals surface area contributed by atoms with E-state index in [4.69, 9.17) is 0 Å². The van der Waals surface area contributed by atoms with Gasteiger partial charge < -0.3 is 15.3 Å². The zero-order valence-corrected chi connectivity index (χ0v) is 16.1. The molecular formula is C23H24FN3O2. The predicted octanol–water partition coefficient (Wildman–Crippen LogP) is 3.80. The van der Waals surface area contributed by atoms with Crippen molar-refractivity contribution in [2.45, 2.75) is 49.7 Å². The number of hydrogen-bond acceptors (Lipinski definition) is 3. The molecule has 2 aliphatic rings. The number of halogens is 1. The Morgan fingerprint density at radius 1 is 1.21 bits per heavy atom. The molecule has 2 aromatic carbocycles. The highest BCUT2D eigenvalue weighted by Gasteiger charge is 2.52. The van der Waals surface area contributed by atoms with E-state index in [0.717, 1.165) is 36.8 Å². The number of nitrogens with one attached hydrogen (secondary N) is 1. The quantitative estimate of drug-likeness (QED) is 0.830. The first-order chi connectivity index (χ1) is 14.1. The average Bonchev–Trinajstić information content (AvgIpc) is 3.21. The van der Waals surface area contributed by atoms with Crippen LogP contribution in [0.25, 0.3) is 11.1 Å². The molecule has 0 bridgehead atoms. The summed E-state index contributed by atoms with van der Waals surface area (Å²) in [6, 6.07) is 14.7. The summed E-state index contributed by atoms with van der Waals surface area (Å²) in [6.07, 6.45) is 4.10. The van der Waals surface area contributed by atoms with Crippen molar-refractivity contribution in [2.24, 2.45) is 0 Å². The zero-order valence-electron chi connectivity index (χ0n) is 16.1. The first-order valence-corrected chi connectivity index (χ1v) is 10.1. The molecule has 0 spiro atoms. The van der Waals surface area contributed by atoms with Gasteiger partial charge in [0.1, 0.15) is 11.9 Å². The zero-order chi connectivity index (χ0) is 20.4. The monoisotopic (exact) mass is 393 g/mol. The van der Waals surface area contributed by atoms with Gasteiger partial charge in [0.05, 0.1) is 18.7 Å². The number of benzene rings is 2. The van der Waals surface area contributed by atoms with E-state index in [1.165, 1.54) is 17.0 Å². The molecule has 0 unspecified atom stereocenters. The molecule has 2 N–H and O–H groups in total. The molecule has 6 heteroatoms. The second kappa shape index (κ2) is 8.22. The van der Waals surface area contributed by atoms with Crippen LogP contribution in [0, 0.1) is 17.1 Å². The number of likely N-dealkylation sites (tertiary alicyclic amines) is 1. The van der Waals surface area contributed by atoms with Crippen LogP contribution in [0.15, 0.2) is 48.5 Å². The third-order valence-corrected chi connectivity index (χ3v) is 6.10. The number of amides is 2. The van der Waals surface area contributed by atoms with Crippen LogP contribution in [-0.4, -0.2) is 40.8 Å². The smallest absolute Gasteiger partial charge is 0.319 e. The molecule has 1 aliphatic carbocycles. The highest BCUT2D eigenvalue weighted by atomic mass is 19.1. The largest absolute Gasteiger partial charge is 0.394 e. The fraction of sp³-hybridized carbons (Fsp3) is 0.391. The van der Waals surface area contributed by atoms with Gasteiger partial charge in [0.25, 0.3) is 0 Å². The molecule has 2 amide bonds. The Kier molecular flexibility index (Phi) is 5.50. The van der Waals surface area contributed by atoms with Crippen LogP contribution in [0.3, 0.4) is 0 Å². The molecule has 0 radical (unpaired) electrons. The molecule has 1 saturated carbocycles. The molecule has 2 fully saturated rings. The van der Waals surface area contributed by atoms with Gasteiger partial charge in [-0.25, -0.2) is 9.18 Å². The maximum atomic E-state index is 13.8. The van der Waals surface area contributed by atoms with Crippen LogP contribution < -0.4 is 5.32 Å². The van der Waals surface area contributed by atoms with Gasteiger partial charge in [-0.15, -0.1) is 0 Å². The van der Waals surface area contributed by atoms with Crippen molar-refractivity contribution in [3.8, 4) is 17.2 Å². The minimum Gasteiger partial charge on any atom is -0.394 e. The van der Waals surface area contributed by atoms with E-state index in [1.807, 2.05) is 30.3 Å². The second-order valence-electron chi connectivity index (χ2n) is 7.79. The SMILES string of the molecule is N#C[C@H]1[C@@H](c2ccccc2-c2cccc(F)c2)[C@@H](CO)N1C(=O)NC1CCCC1. The number of nitrogens with zero attached hydrogens (tertiary/aromatic N) is 2. The lowest BCUT2D eigenvalue weighted by atomic mass is 9.73. The summed E-state index contributed by atoms with van der Waals surface area (Å²) >= 11 is 0. The summed E-state index contributed by atoms with van der Waals surface area (Å²) in [6.45, 7) is -0.238. The van der Waals surface area contributed by atoms with Gasteiger partial charge in [-0.05, 0) is 41.7 Å². The van der Waals surface area contributed by atoms with Crippen LogP contribution in [0.1, 0.15) is 37.2 Å². The Hall–Kier alpha value is -2.91. The van der Waals surface area contributed by atoms with E-state index in [1.54, 1.807) is 6.07 Å². The number of nitriles is 1. The molecule has 0 aromatic heterocycles. The molecule has 150 valence electrons. The van der Waals surface area contributed by atoms with Crippen LogP contribution in [0.2, 0.25) is 0 Å². The minimum absolute atomic E-state index is 0.139. The highest BCUT2D eigenvalue weighted by Crippen LogP contribution is 2.44. The molecule has 1 aliphatic heterocycles. The van der Waals surface area contributed by atoms with Crippen molar-refractivity contribution in [2.75, 3.05) is 6.61 Å². The van der Waals surface area contributed by atoms with Crippen LogP contribution in [-0.2, 0) is 0 Å². The van der Waals surface area contributed by atoms with Crippen molar-refractivity contribution in [1.82, 2.24) is 10.2 Å². The van der Waals surface area contributed by atoms with Crippen LogP contribution in [0.5, 0.6) is 0 Å². The summed E-state index contributed by atoms with van der Waals surface area (Å²) in [5.41, 5.74) is 2.36. The van der Waals surface area contributed by atoms with Gasteiger partial charge in [-0.3, -0.25) is 0 Å². The molecule has 4 rings (SSSR count). The third-order valence-electron chi connectivity index (χ3n) is 6.10. The number of aliphatic hydroxyl groups excluding tert-OH is 1. The van der Waals surface area contributed by atoms with E-state index in [2.05, 4.69) is 11.4 Å². The van der Waals surface area contributed by atoms with Crippen molar-refractivity contribution >= 4 is 6.03 Å². The summed E-state index contributed by atoms with van der Waals surface area (Å²) in [4.78, 5) is 14.3. The second-order valence-corrected chi connectivity index (χ2v) is 7.79. The number of hydrogen-bond donors (Lipinski definition) is 2. The number of aliphatic hydroxyl groups is 1. The fourth-order valence-electron chi connectivity index (χ4n) is 4.69. The standard InChI is InChI=1S/C23H24FN3O2/c24-16-7-5-6-15(12-16)18-10-3-4-11-19(18)22-20(13-25)27(21(22)14-28)23(29)26-17-8-1-2-9-17/h3-7,10-12,17,20-22,28H,1-2,8-9,14H2,(H,26,29)/t20-,21+,22+/m0/s1. The Morgan fingerprint density at radius 2 is 1.97 bits per heavy atom. The molecule has 5 nitrogen and oxygen atoms in total. The maximum absolute atomic E-state index is 13.8. The molecular weight excluding hydrogens is 369 g/mol. The van der Waals surface area contributed by atoms with Gasteiger partial charge in [-0.2, -0.15) is 5.26 Å². The number of carbonyl (C=O) groups is 1. The van der Waals surface area contributed by atoms with E-state index >= 15 is 0 Å². The molecule has 1 heterocycles. The number of urea groups is 1. The summed E-state index contributed by atoms with van der Waals surface area (Å²) < 4.78 is 13.8. The van der Waals surface area contributed by atoms with E-state index in [0.29, 0.717) is 5.56 Å². The van der Waals surface area contributed by atoms with Gasteiger partial charge in [0.15, 0.2) is 0 Å². The Balaban J connectivity index is 1.64. The van der Waals surface area contributed by atoms with E-state index in [-0.39, 0.29) is 30.4 Å².